The predicted octanol–water partition coefficient (Wildman–Crippen LogP) is 5.69. The number of nitrogens with zero attached hydrogens (tertiary/aromatic N) is 4. The summed E-state index contributed by atoms with van der Waals surface area (Å²) in [5.74, 6) is -0.746. The van der Waals surface area contributed by atoms with Gasteiger partial charge in [-0.1, -0.05) is 53.6 Å². The molecular weight excluding hydrogens is 501 g/mol. The van der Waals surface area contributed by atoms with Crippen LogP contribution in [-0.2, 0) is 4.79 Å². The molecule has 0 aliphatic rings. The Labute approximate surface area is 209 Å². The summed E-state index contributed by atoms with van der Waals surface area (Å²) in [5.41, 5.74) is 0.614. The van der Waals surface area contributed by atoms with E-state index in [0.717, 1.165) is 11.6 Å². The van der Waals surface area contributed by atoms with Crippen molar-refractivity contribution in [3.8, 4) is 10.6 Å². The van der Waals surface area contributed by atoms with Gasteiger partial charge in [0.15, 0.2) is 0 Å². The van der Waals surface area contributed by atoms with Gasteiger partial charge in [-0.2, -0.15) is 0 Å². The maximum Gasteiger partial charge on any atom is 0.288 e. The van der Waals surface area contributed by atoms with Crippen LogP contribution in [0.1, 0.15) is 37.0 Å². The number of hydrogen-bond donors (Lipinski definition) is 1. The van der Waals surface area contributed by atoms with Crippen LogP contribution >= 0.6 is 34.5 Å². The van der Waals surface area contributed by atoms with E-state index in [0.29, 0.717) is 21.6 Å². The van der Waals surface area contributed by atoms with E-state index in [4.69, 9.17) is 23.2 Å². The first kappa shape index (κ1) is 25.5. The van der Waals surface area contributed by atoms with E-state index in [1.54, 1.807) is 12.1 Å². The van der Waals surface area contributed by atoms with Crippen LogP contribution < -0.4 is 5.32 Å². The molecule has 2 amide bonds. The Hall–Kier alpha value is -3.08. The molecule has 0 radical (unpaired) electrons. The van der Waals surface area contributed by atoms with Crippen LogP contribution in [0.2, 0.25) is 10.0 Å². The maximum atomic E-state index is 13.1. The van der Waals surface area contributed by atoms with Crippen LogP contribution in [0.25, 0.3) is 10.6 Å². The second-order valence-electron chi connectivity index (χ2n) is 7.40. The van der Waals surface area contributed by atoms with Crippen molar-refractivity contribution >= 4 is 57.2 Å². The molecule has 0 bridgehead atoms. The smallest absolute Gasteiger partial charge is 0.288 e. The third-order valence-electron chi connectivity index (χ3n) is 5.12. The van der Waals surface area contributed by atoms with E-state index >= 15 is 0 Å². The lowest BCUT2D eigenvalue weighted by Gasteiger charge is -2.28. The van der Waals surface area contributed by atoms with Crippen LogP contribution in [-0.4, -0.2) is 44.4 Å². The molecule has 178 valence electrons. The Morgan fingerprint density at radius 3 is 2.53 bits per heavy atom. The minimum absolute atomic E-state index is 0.0155. The number of nitrogens with one attached hydrogen (secondary N) is 1. The standard InChI is InChI=1S/C22H21Cl2N5O4S/c1-3-13(2)28(21(31)15-6-9-17(24)18(12-15)29(32)33)11-10-19(30)25-22-27-26-20(34-22)14-4-7-16(23)8-5-14/h4-9,12-13H,3,10-11H2,1-2H3,(H,25,27,30)/t13-/m0/s1. The van der Waals surface area contributed by atoms with Crippen molar-refractivity contribution in [1.82, 2.24) is 15.1 Å². The monoisotopic (exact) mass is 521 g/mol. The molecule has 0 fully saturated rings. The zero-order valence-electron chi connectivity index (χ0n) is 18.3. The van der Waals surface area contributed by atoms with Gasteiger partial charge < -0.3 is 10.2 Å². The molecule has 34 heavy (non-hydrogen) atoms. The maximum absolute atomic E-state index is 13.1. The molecule has 1 N–H and O–H groups in total. The Kier molecular flexibility index (Phi) is 8.54. The van der Waals surface area contributed by atoms with Gasteiger partial charge in [-0.3, -0.25) is 19.7 Å². The van der Waals surface area contributed by atoms with Gasteiger partial charge in [-0.15, -0.1) is 10.2 Å². The molecular formula is C22H21Cl2N5O4S. The molecule has 0 spiro atoms. The molecule has 1 atom stereocenters. The number of hydrogen-bond acceptors (Lipinski definition) is 7. The number of halogens is 2. The highest BCUT2D eigenvalue weighted by molar-refractivity contribution is 7.18. The van der Waals surface area contributed by atoms with Gasteiger partial charge in [0.1, 0.15) is 10.0 Å². The molecule has 0 saturated carbocycles. The molecule has 1 aromatic heterocycles. The highest BCUT2D eigenvalue weighted by atomic mass is 35.5. The Balaban J connectivity index is 1.67. The number of nitro groups is 1. The number of aromatic nitrogens is 2. The molecule has 0 aliphatic heterocycles. The van der Waals surface area contributed by atoms with E-state index < -0.39 is 10.8 Å². The van der Waals surface area contributed by atoms with Crippen LogP contribution in [0.4, 0.5) is 10.8 Å². The molecule has 12 heteroatoms. The number of nitro benzene ring substituents is 1. The third-order valence-corrected chi connectivity index (χ3v) is 6.58. The average Bonchev–Trinajstić information content (AvgIpc) is 3.27. The number of anilines is 1. The molecule has 0 unspecified atom stereocenters. The van der Waals surface area contributed by atoms with Crippen LogP contribution in [0.15, 0.2) is 42.5 Å². The number of benzene rings is 2. The lowest BCUT2D eigenvalue weighted by atomic mass is 10.1. The van der Waals surface area contributed by atoms with Crippen molar-refractivity contribution in [3.63, 3.8) is 0 Å². The Bertz CT molecular complexity index is 1200. The zero-order valence-corrected chi connectivity index (χ0v) is 20.7. The van der Waals surface area contributed by atoms with Crippen LogP contribution in [0, 0.1) is 10.1 Å². The van der Waals surface area contributed by atoms with Gasteiger partial charge >= 0.3 is 0 Å². The fourth-order valence-electron chi connectivity index (χ4n) is 3.08. The summed E-state index contributed by atoms with van der Waals surface area (Å²) in [6.45, 7) is 3.89. The van der Waals surface area contributed by atoms with Crippen molar-refractivity contribution in [2.75, 3.05) is 11.9 Å². The summed E-state index contributed by atoms with van der Waals surface area (Å²) in [5, 5.41) is 23.5. The third kappa shape index (κ3) is 6.28. The van der Waals surface area contributed by atoms with Gasteiger partial charge in [0.05, 0.1) is 4.92 Å². The van der Waals surface area contributed by atoms with Crippen LogP contribution in [0.3, 0.4) is 0 Å². The summed E-state index contributed by atoms with van der Waals surface area (Å²) in [7, 11) is 0. The van der Waals surface area contributed by atoms with Crippen molar-refractivity contribution in [2.45, 2.75) is 32.7 Å². The molecule has 1 heterocycles. The second-order valence-corrected chi connectivity index (χ2v) is 9.22. The summed E-state index contributed by atoms with van der Waals surface area (Å²) in [4.78, 5) is 37.7. The van der Waals surface area contributed by atoms with Crippen molar-refractivity contribution in [2.24, 2.45) is 0 Å². The quantitative estimate of drug-likeness (QED) is 0.285. The fourth-order valence-corrected chi connectivity index (χ4v) is 4.16. The Morgan fingerprint density at radius 2 is 1.88 bits per heavy atom. The van der Waals surface area contributed by atoms with Crippen molar-refractivity contribution in [1.29, 1.82) is 0 Å². The second kappa shape index (κ2) is 11.4. The SMILES string of the molecule is CC[C@H](C)N(CCC(=O)Nc1nnc(-c2ccc(Cl)cc2)s1)C(=O)c1ccc(Cl)c([N+](=O)[O-])c1. The van der Waals surface area contributed by atoms with E-state index in [-0.39, 0.29) is 41.2 Å². The minimum Gasteiger partial charge on any atom is -0.335 e. The first-order valence-electron chi connectivity index (χ1n) is 10.3. The molecule has 9 nitrogen and oxygen atoms in total. The summed E-state index contributed by atoms with van der Waals surface area (Å²) >= 11 is 13.0. The van der Waals surface area contributed by atoms with E-state index in [1.807, 2.05) is 26.0 Å². The lowest BCUT2D eigenvalue weighted by Crippen LogP contribution is -2.40. The lowest BCUT2D eigenvalue weighted by molar-refractivity contribution is -0.384. The number of carbonyl (C=O) groups excluding carboxylic acids is 2. The minimum atomic E-state index is -0.638. The molecule has 3 aromatic rings. The van der Waals surface area contributed by atoms with E-state index in [1.165, 1.54) is 28.4 Å². The number of amides is 2. The number of rotatable bonds is 9. The van der Waals surface area contributed by atoms with Crippen LogP contribution in [0.5, 0.6) is 0 Å². The average molecular weight is 522 g/mol. The zero-order chi connectivity index (χ0) is 24.8. The van der Waals surface area contributed by atoms with E-state index in [2.05, 4.69) is 15.5 Å². The molecule has 3 rings (SSSR count). The van der Waals surface area contributed by atoms with E-state index in [9.17, 15) is 19.7 Å². The first-order chi connectivity index (χ1) is 16.2. The fraction of sp³-hybridized carbons (Fsp3) is 0.273. The van der Waals surface area contributed by atoms with Crippen molar-refractivity contribution < 1.29 is 14.5 Å². The van der Waals surface area contributed by atoms with Gasteiger partial charge in [0, 0.05) is 41.2 Å². The highest BCUT2D eigenvalue weighted by Gasteiger charge is 2.24. The summed E-state index contributed by atoms with van der Waals surface area (Å²) < 4.78 is 0. The largest absolute Gasteiger partial charge is 0.335 e. The normalized spacial score (nSPS) is 11.6. The first-order valence-corrected chi connectivity index (χ1v) is 11.9. The molecule has 2 aromatic carbocycles. The predicted molar refractivity (Wildman–Crippen MR) is 132 cm³/mol. The topological polar surface area (TPSA) is 118 Å². The Morgan fingerprint density at radius 1 is 1.18 bits per heavy atom. The van der Waals surface area contributed by atoms with Gasteiger partial charge in [-0.05, 0) is 37.6 Å². The summed E-state index contributed by atoms with van der Waals surface area (Å²) in [6, 6.07) is 10.8. The van der Waals surface area contributed by atoms with Gasteiger partial charge in [0.2, 0.25) is 11.0 Å². The highest BCUT2D eigenvalue weighted by Crippen LogP contribution is 2.28. The van der Waals surface area contributed by atoms with Crippen molar-refractivity contribution in [3.05, 3.63) is 68.2 Å². The van der Waals surface area contributed by atoms with Gasteiger partial charge in [0.25, 0.3) is 11.6 Å². The molecule has 0 aliphatic carbocycles. The summed E-state index contributed by atoms with van der Waals surface area (Å²) in [6.07, 6.45) is 0.658. The van der Waals surface area contributed by atoms with Gasteiger partial charge in [-0.25, -0.2) is 0 Å². The number of carbonyl (C=O) groups is 2. The molecule has 0 saturated heterocycles.